The van der Waals surface area contributed by atoms with Gasteiger partial charge in [-0.05, 0) is 30.9 Å². The maximum absolute atomic E-state index is 4.39. The molecule has 2 aromatic rings. The Bertz CT molecular complexity index is 473. The van der Waals surface area contributed by atoms with Gasteiger partial charge in [-0.25, -0.2) is 4.98 Å². The van der Waals surface area contributed by atoms with E-state index in [0.29, 0.717) is 0 Å². The highest BCUT2D eigenvalue weighted by atomic mass is 32.1. The third-order valence-corrected chi connectivity index (χ3v) is 3.79. The predicted molar refractivity (Wildman–Crippen MR) is 79.5 cm³/mol. The summed E-state index contributed by atoms with van der Waals surface area (Å²) in [5, 5.41) is 6.46. The molecular formula is C15H20N2S. The molecule has 0 unspecified atom stereocenters. The van der Waals surface area contributed by atoms with E-state index in [1.54, 1.807) is 11.3 Å². The third-order valence-electron chi connectivity index (χ3n) is 2.87. The van der Waals surface area contributed by atoms with Crippen molar-refractivity contribution in [1.82, 2.24) is 4.98 Å². The van der Waals surface area contributed by atoms with Gasteiger partial charge in [0.1, 0.15) is 0 Å². The number of rotatable bonds is 6. The smallest absolute Gasteiger partial charge is 0.182 e. The van der Waals surface area contributed by atoms with Crippen LogP contribution in [0.4, 0.5) is 5.13 Å². The van der Waals surface area contributed by atoms with E-state index < -0.39 is 0 Å². The van der Waals surface area contributed by atoms with E-state index >= 15 is 0 Å². The summed E-state index contributed by atoms with van der Waals surface area (Å²) in [4.78, 5) is 4.39. The summed E-state index contributed by atoms with van der Waals surface area (Å²) in [5.74, 6) is 0. The van der Waals surface area contributed by atoms with Gasteiger partial charge < -0.3 is 5.32 Å². The van der Waals surface area contributed by atoms with Crippen LogP contribution in [-0.4, -0.2) is 11.5 Å². The maximum atomic E-state index is 4.39. The number of thiazole rings is 1. The van der Waals surface area contributed by atoms with Gasteiger partial charge in [0.15, 0.2) is 5.13 Å². The van der Waals surface area contributed by atoms with Gasteiger partial charge in [-0.1, -0.05) is 37.6 Å². The van der Waals surface area contributed by atoms with Crippen molar-refractivity contribution in [2.45, 2.75) is 33.1 Å². The van der Waals surface area contributed by atoms with Gasteiger partial charge in [0.25, 0.3) is 0 Å². The van der Waals surface area contributed by atoms with E-state index in [4.69, 9.17) is 0 Å². The first-order chi connectivity index (χ1) is 8.78. The number of benzene rings is 1. The quantitative estimate of drug-likeness (QED) is 0.847. The number of hydrogen-bond acceptors (Lipinski definition) is 3. The predicted octanol–water partition coefficient (Wildman–Crippen LogP) is 4.06. The zero-order valence-electron chi connectivity index (χ0n) is 11.1. The molecule has 3 heteroatoms. The molecule has 0 bridgehead atoms. The van der Waals surface area contributed by atoms with Crippen LogP contribution >= 0.6 is 11.3 Å². The lowest BCUT2D eigenvalue weighted by Gasteiger charge is -2.04. The van der Waals surface area contributed by atoms with Gasteiger partial charge in [0.2, 0.25) is 0 Å². The number of aryl methyl sites for hydroxylation is 2. The Morgan fingerprint density at radius 3 is 2.33 bits per heavy atom. The summed E-state index contributed by atoms with van der Waals surface area (Å²) in [6.45, 7) is 5.18. The Hall–Kier alpha value is -1.35. The normalized spacial score (nSPS) is 10.6. The zero-order chi connectivity index (χ0) is 12.8. The van der Waals surface area contributed by atoms with Crippen molar-refractivity contribution in [1.29, 1.82) is 0 Å². The number of nitrogens with one attached hydrogen (secondary N) is 1. The first-order valence-corrected chi connectivity index (χ1v) is 7.39. The molecule has 1 aromatic heterocycles. The van der Waals surface area contributed by atoms with Crippen molar-refractivity contribution in [2.24, 2.45) is 0 Å². The van der Waals surface area contributed by atoms with Crippen LogP contribution in [-0.2, 0) is 12.8 Å². The fourth-order valence-electron chi connectivity index (χ4n) is 1.91. The van der Waals surface area contributed by atoms with E-state index in [0.717, 1.165) is 23.8 Å². The van der Waals surface area contributed by atoms with Crippen molar-refractivity contribution in [3.63, 3.8) is 0 Å². The highest BCUT2D eigenvalue weighted by Gasteiger charge is 1.98. The van der Waals surface area contributed by atoms with Crippen molar-refractivity contribution in [3.8, 4) is 0 Å². The molecule has 18 heavy (non-hydrogen) atoms. The summed E-state index contributed by atoms with van der Waals surface area (Å²) in [5.41, 5.74) is 3.91. The second-order valence-electron chi connectivity index (χ2n) is 4.54. The molecule has 2 rings (SSSR count). The Morgan fingerprint density at radius 1 is 1.11 bits per heavy atom. The van der Waals surface area contributed by atoms with E-state index in [-0.39, 0.29) is 0 Å². The summed E-state index contributed by atoms with van der Waals surface area (Å²) in [6, 6.07) is 8.96. The van der Waals surface area contributed by atoms with Crippen LogP contribution in [0.25, 0.3) is 0 Å². The molecule has 1 heterocycles. The van der Waals surface area contributed by atoms with Crippen molar-refractivity contribution < 1.29 is 0 Å². The van der Waals surface area contributed by atoms with Crippen LogP contribution in [0.1, 0.15) is 30.2 Å². The van der Waals surface area contributed by atoms with Crippen LogP contribution < -0.4 is 5.32 Å². The van der Waals surface area contributed by atoms with Crippen LogP contribution in [0.15, 0.2) is 29.6 Å². The van der Waals surface area contributed by atoms with Gasteiger partial charge in [0, 0.05) is 11.9 Å². The van der Waals surface area contributed by atoms with Crippen molar-refractivity contribution >= 4 is 16.5 Å². The van der Waals surface area contributed by atoms with Crippen LogP contribution in [0.5, 0.6) is 0 Å². The number of nitrogens with zero attached hydrogens (tertiary/aromatic N) is 1. The maximum Gasteiger partial charge on any atom is 0.182 e. The van der Waals surface area contributed by atoms with Crippen LogP contribution in [0.3, 0.4) is 0 Å². The first-order valence-electron chi connectivity index (χ1n) is 6.51. The monoisotopic (exact) mass is 260 g/mol. The minimum Gasteiger partial charge on any atom is -0.361 e. The average Bonchev–Trinajstić information content (AvgIpc) is 2.78. The molecule has 0 amide bonds. The Labute approximate surface area is 113 Å². The molecule has 0 saturated carbocycles. The molecule has 2 nitrogen and oxygen atoms in total. The molecule has 1 N–H and O–H groups in total. The topological polar surface area (TPSA) is 24.9 Å². The summed E-state index contributed by atoms with van der Waals surface area (Å²) in [7, 11) is 0. The summed E-state index contributed by atoms with van der Waals surface area (Å²) in [6.07, 6.45) is 3.44. The third kappa shape index (κ3) is 3.84. The molecule has 0 aliphatic heterocycles. The Morgan fingerprint density at radius 2 is 1.78 bits per heavy atom. The standard InChI is InChI=1S/C15H20N2S/c1-3-4-13-5-7-14(8-6-13)9-10-16-15-17-12(2)11-18-15/h5-8,11H,3-4,9-10H2,1-2H3,(H,16,17). The van der Waals surface area contributed by atoms with E-state index in [1.807, 2.05) is 6.92 Å². The minimum absolute atomic E-state index is 0.945. The summed E-state index contributed by atoms with van der Waals surface area (Å²) >= 11 is 1.67. The molecule has 1 aromatic carbocycles. The molecule has 0 saturated heterocycles. The van der Waals surface area contributed by atoms with Gasteiger partial charge in [-0.3, -0.25) is 0 Å². The lowest BCUT2D eigenvalue weighted by atomic mass is 10.1. The molecule has 0 aliphatic carbocycles. The SMILES string of the molecule is CCCc1ccc(CCNc2nc(C)cs2)cc1. The van der Waals surface area contributed by atoms with E-state index in [1.165, 1.54) is 24.0 Å². The highest BCUT2D eigenvalue weighted by molar-refractivity contribution is 7.13. The molecule has 0 atom stereocenters. The molecule has 0 aliphatic rings. The minimum atomic E-state index is 0.945. The second kappa shape index (κ2) is 6.55. The van der Waals surface area contributed by atoms with Gasteiger partial charge in [-0.2, -0.15) is 0 Å². The highest BCUT2D eigenvalue weighted by Crippen LogP contribution is 2.14. The molecular weight excluding hydrogens is 240 g/mol. The van der Waals surface area contributed by atoms with E-state index in [2.05, 4.69) is 46.9 Å². The fraction of sp³-hybridized carbons (Fsp3) is 0.400. The van der Waals surface area contributed by atoms with Gasteiger partial charge >= 0.3 is 0 Å². The molecule has 0 radical (unpaired) electrons. The molecule has 96 valence electrons. The van der Waals surface area contributed by atoms with Crippen molar-refractivity contribution in [2.75, 3.05) is 11.9 Å². The molecule has 0 fully saturated rings. The van der Waals surface area contributed by atoms with Crippen LogP contribution in [0.2, 0.25) is 0 Å². The lowest BCUT2D eigenvalue weighted by Crippen LogP contribution is -2.04. The number of aromatic nitrogens is 1. The van der Waals surface area contributed by atoms with Gasteiger partial charge in [-0.15, -0.1) is 11.3 Å². The van der Waals surface area contributed by atoms with E-state index in [9.17, 15) is 0 Å². The van der Waals surface area contributed by atoms with Crippen LogP contribution in [0, 0.1) is 6.92 Å². The van der Waals surface area contributed by atoms with Gasteiger partial charge in [0.05, 0.1) is 5.69 Å². The largest absolute Gasteiger partial charge is 0.361 e. The average molecular weight is 260 g/mol. The number of anilines is 1. The second-order valence-corrected chi connectivity index (χ2v) is 5.40. The summed E-state index contributed by atoms with van der Waals surface area (Å²) < 4.78 is 0. The first kappa shape index (κ1) is 13.1. The van der Waals surface area contributed by atoms with Crippen molar-refractivity contribution in [3.05, 3.63) is 46.5 Å². The lowest BCUT2D eigenvalue weighted by molar-refractivity contribution is 0.918. The fourth-order valence-corrected chi connectivity index (χ4v) is 2.63. The zero-order valence-corrected chi connectivity index (χ0v) is 11.9. The number of hydrogen-bond donors (Lipinski definition) is 1. The molecule has 0 spiro atoms. The Balaban J connectivity index is 1.79. The Kier molecular flexibility index (Phi) is 4.76.